The van der Waals surface area contributed by atoms with Crippen molar-refractivity contribution < 1.29 is 13.2 Å². The van der Waals surface area contributed by atoms with Crippen molar-refractivity contribution in [1.29, 1.82) is 0 Å². The van der Waals surface area contributed by atoms with E-state index in [1.54, 1.807) is 37.3 Å². The highest BCUT2D eigenvalue weighted by atomic mass is 32.2. The number of nitrogens with zero attached hydrogens (tertiary/aromatic N) is 2. The van der Waals surface area contributed by atoms with Crippen molar-refractivity contribution >= 4 is 26.9 Å². The van der Waals surface area contributed by atoms with Crippen LogP contribution in [0.2, 0.25) is 0 Å². The molecule has 0 amide bonds. The standard InChI is InChI=1S/C21H23N3O3S/c1-15-8-2-7-13-19(15)28(25,26)24-20-21(27-14-16-9-3-4-10-16)23-18-12-6-5-11-17(18)22-20/h2,5-8,11-13,16H,3-4,9-10,14H2,1H3,(H,22,24). The molecule has 0 radical (unpaired) electrons. The van der Waals surface area contributed by atoms with Gasteiger partial charge in [0.05, 0.1) is 22.5 Å². The van der Waals surface area contributed by atoms with E-state index < -0.39 is 10.0 Å². The Morgan fingerprint density at radius 2 is 1.64 bits per heavy atom. The molecule has 28 heavy (non-hydrogen) atoms. The molecule has 146 valence electrons. The van der Waals surface area contributed by atoms with Crippen LogP contribution < -0.4 is 9.46 Å². The Balaban J connectivity index is 1.69. The summed E-state index contributed by atoms with van der Waals surface area (Å²) in [5.74, 6) is 0.830. The van der Waals surface area contributed by atoms with Gasteiger partial charge in [0.25, 0.3) is 15.9 Å². The van der Waals surface area contributed by atoms with Gasteiger partial charge >= 0.3 is 0 Å². The molecule has 1 aromatic heterocycles. The molecule has 3 aromatic rings. The third-order valence-corrected chi connectivity index (χ3v) is 6.58. The van der Waals surface area contributed by atoms with Gasteiger partial charge in [0.15, 0.2) is 0 Å². The molecule has 0 atom stereocenters. The Hall–Kier alpha value is -2.67. The number of benzene rings is 2. The van der Waals surface area contributed by atoms with E-state index in [2.05, 4.69) is 14.7 Å². The van der Waals surface area contributed by atoms with Crippen molar-refractivity contribution in [3.63, 3.8) is 0 Å². The van der Waals surface area contributed by atoms with E-state index in [9.17, 15) is 8.42 Å². The monoisotopic (exact) mass is 397 g/mol. The summed E-state index contributed by atoms with van der Waals surface area (Å²) in [6.07, 6.45) is 4.69. The van der Waals surface area contributed by atoms with Crippen LogP contribution in [0, 0.1) is 12.8 Å². The second-order valence-electron chi connectivity index (χ2n) is 7.20. The van der Waals surface area contributed by atoms with Gasteiger partial charge in [0, 0.05) is 0 Å². The summed E-state index contributed by atoms with van der Waals surface area (Å²) >= 11 is 0. The second kappa shape index (κ2) is 7.75. The van der Waals surface area contributed by atoms with Crippen molar-refractivity contribution in [3.05, 3.63) is 54.1 Å². The summed E-state index contributed by atoms with van der Waals surface area (Å²) < 4.78 is 34.4. The topological polar surface area (TPSA) is 81.2 Å². The van der Waals surface area contributed by atoms with E-state index in [0.717, 1.165) is 12.8 Å². The average molecular weight is 398 g/mol. The summed E-state index contributed by atoms with van der Waals surface area (Å²) in [4.78, 5) is 9.22. The molecule has 0 saturated heterocycles. The van der Waals surface area contributed by atoms with Gasteiger partial charge in [-0.1, -0.05) is 43.2 Å². The number of nitrogens with one attached hydrogen (secondary N) is 1. The first-order valence-corrected chi connectivity index (χ1v) is 11.0. The fourth-order valence-corrected chi connectivity index (χ4v) is 4.81. The molecule has 1 aliphatic rings. The van der Waals surface area contributed by atoms with Gasteiger partial charge in [-0.25, -0.2) is 18.4 Å². The molecule has 1 N–H and O–H groups in total. The molecule has 2 aromatic carbocycles. The van der Waals surface area contributed by atoms with Crippen LogP contribution >= 0.6 is 0 Å². The summed E-state index contributed by atoms with van der Waals surface area (Å²) in [7, 11) is -3.80. The number of hydrogen-bond donors (Lipinski definition) is 1. The van der Waals surface area contributed by atoms with E-state index in [4.69, 9.17) is 4.74 Å². The highest BCUT2D eigenvalue weighted by Gasteiger charge is 2.22. The zero-order valence-corrected chi connectivity index (χ0v) is 16.6. The molecule has 7 heteroatoms. The quantitative estimate of drug-likeness (QED) is 0.670. The predicted octanol–water partition coefficient (Wildman–Crippen LogP) is 4.31. The Labute approximate surface area is 165 Å². The summed E-state index contributed by atoms with van der Waals surface area (Å²) in [5, 5.41) is 0. The SMILES string of the molecule is Cc1ccccc1S(=O)(=O)Nc1nc2ccccc2nc1OCC1CCCC1. The zero-order chi connectivity index (χ0) is 19.6. The van der Waals surface area contributed by atoms with Gasteiger partial charge < -0.3 is 4.74 Å². The van der Waals surface area contributed by atoms with Crippen molar-refractivity contribution in [1.82, 2.24) is 9.97 Å². The minimum absolute atomic E-state index is 0.125. The maximum absolute atomic E-state index is 12.9. The Morgan fingerprint density at radius 3 is 2.36 bits per heavy atom. The second-order valence-corrected chi connectivity index (χ2v) is 8.85. The smallest absolute Gasteiger partial charge is 0.263 e. The molecule has 0 spiro atoms. The fraction of sp³-hybridized carbons (Fsp3) is 0.333. The lowest BCUT2D eigenvalue weighted by Crippen LogP contribution is -2.18. The zero-order valence-electron chi connectivity index (χ0n) is 15.8. The Morgan fingerprint density at radius 1 is 1.00 bits per heavy atom. The maximum Gasteiger partial charge on any atom is 0.263 e. The third kappa shape index (κ3) is 3.94. The van der Waals surface area contributed by atoms with Crippen LogP contribution in [0.3, 0.4) is 0 Å². The minimum atomic E-state index is -3.80. The number of para-hydroxylation sites is 2. The molecule has 1 aliphatic carbocycles. The molecule has 1 heterocycles. The van der Waals surface area contributed by atoms with E-state index in [-0.39, 0.29) is 16.6 Å². The molecule has 6 nitrogen and oxygen atoms in total. The lowest BCUT2D eigenvalue weighted by Gasteiger charge is -2.15. The number of hydrogen-bond acceptors (Lipinski definition) is 5. The molecule has 4 rings (SSSR count). The number of sulfonamides is 1. The predicted molar refractivity (Wildman–Crippen MR) is 109 cm³/mol. The van der Waals surface area contributed by atoms with Gasteiger partial charge in [-0.2, -0.15) is 0 Å². The van der Waals surface area contributed by atoms with Crippen LogP contribution in [0.25, 0.3) is 11.0 Å². The highest BCUT2D eigenvalue weighted by molar-refractivity contribution is 7.92. The lowest BCUT2D eigenvalue weighted by molar-refractivity contribution is 0.245. The first-order chi connectivity index (χ1) is 13.5. The van der Waals surface area contributed by atoms with E-state index in [1.165, 1.54) is 12.8 Å². The van der Waals surface area contributed by atoms with Gasteiger partial charge in [-0.3, -0.25) is 4.72 Å². The van der Waals surface area contributed by atoms with Crippen molar-refractivity contribution in [2.75, 3.05) is 11.3 Å². The van der Waals surface area contributed by atoms with Gasteiger partial charge in [-0.15, -0.1) is 0 Å². The third-order valence-electron chi connectivity index (χ3n) is 5.08. The van der Waals surface area contributed by atoms with Crippen LogP contribution in [0.1, 0.15) is 31.2 Å². The first-order valence-electron chi connectivity index (χ1n) is 9.51. The average Bonchev–Trinajstić information content (AvgIpc) is 3.20. The summed E-state index contributed by atoms with van der Waals surface area (Å²) in [6.45, 7) is 2.28. The summed E-state index contributed by atoms with van der Waals surface area (Å²) in [5.41, 5.74) is 1.94. The summed E-state index contributed by atoms with van der Waals surface area (Å²) in [6, 6.07) is 14.2. The van der Waals surface area contributed by atoms with Crippen LogP contribution in [-0.2, 0) is 10.0 Å². The normalized spacial score (nSPS) is 15.0. The highest BCUT2D eigenvalue weighted by Crippen LogP contribution is 2.30. The number of aromatic nitrogens is 2. The number of rotatable bonds is 6. The Kier molecular flexibility index (Phi) is 5.17. The largest absolute Gasteiger partial charge is 0.475 e. The van der Waals surface area contributed by atoms with Crippen molar-refractivity contribution in [3.8, 4) is 5.88 Å². The van der Waals surface area contributed by atoms with Crippen molar-refractivity contribution in [2.45, 2.75) is 37.5 Å². The molecular weight excluding hydrogens is 374 g/mol. The van der Waals surface area contributed by atoms with Crippen LogP contribution in [0.4, 0.5) is 5.82 Å². The molecule has 1 saturated carbocycles. The van der Waals surface area contributed by atoms with E-state index >= 15 is 0 Å². The van der Waals surface area contributed by atoms with Gasteiger partial charge in [-0.05, 0) is 49.4 Å². The molecule has 1 fully saturated rings. The van der Waals surface area contributed by atoms with Crippen LogP contribution in [0.15, 0.2) is 53.4 Å². The number of aryl methyl sites for hydroxylation is 1. The van der Waals surface area contributed by atoms with Crippen molar-refractivity contribution in [2.24, 2.45) is 5.92 Å². The molecule has 0 aliphatic heterocycles. The molecule has 0 bridgehead atoms. The lowest BCUT2D eigenvalue weighted by atomic mass is 10.1. The molecular formula is C21H23N3O3S. The van der Waals surface area contributed by atoms with E-state index in [1.807, 2.05) is 18.2 Å². The number of anilines is 1. The fourth-order valence-electron chi connectivity index (χ4n) is 3.56. The van der Waals surface area contributed by atoms with E-state index in [0.29, 0.717) is 29.1 Å². The van der Waals surface area contributed by atoms with Crippen LogP contribution in [-0.4, -0.2) is 25.0 Å². The molecule has 0 unspecified atom stereocenters. The first kappa shape index (κ1) is 18.7. The number of ether oxygens (including phenoxy) is 1. The van der Waals surface area contributed by atoms with Gasteiger partial charge in [0.1, 0.15) is 0 Å². The number of fused-ring (bicyclic) bond motifs is 1. The Bertz CT molecular complexity index is 1090. The maximum atomic E-state index is 12.9. The van der Waals surface area contributed by atoms with Gasteiger partial charge in [0.2, 0.25) is 5.82 Å². The van der Waals surface area contributed by atoms with Crippen LogP contribution in [0.5, 0.6) is 5.88 Å². The minimum Gasteiger partial charge on any atom is -0.475 e.